The third kappa shape index (κ3) is 3.16. The zero-order chi connectivity index (χ0) is 14.7. The average Bonchev–Trinajstić information content (AvgIpc) is 2.42. The molecule has 2 N–H and O–H groups in total. The molecule has 0 aliphatic heterocycles. The normalized spacial score (nSPS) is 12.2. The van der Waals surface area contributed by atoms with E-state index in [-0.39, 0.29) is 12.0 Å². The van der Waals surface area contributed by atoms with Gasteiger partial charge in [-0.15, -0.1) is 0 Å². The SMILES string of the molecule is COc1ccc(C(N)Cc2c(F)cccc2F)cc1Br. The predicted octanol–water partition coefficient (Wildman–Crippen LogP) is 3.98. The van der Waals surface area contributed by atoms with Gasteiger partial charge in [0.05, 0.1) is 11.6 Å². The maximum atomic E-state index is 13.6. The number of hydrogen-bond acceptors (Lipinski definition) is 2. The van der Waals surface area contributed by atoms with Crippen molar-refractivity contribution in [2.45, 2.75) is 12.5 Å². The molecule has 0 spiro atoms. The molecule has 0 aliphatic rings. The van der Waals surface area contributed by atoms with Gasteiger partial charge in [-0.05, 0) is 52.2 Å². The summed E-state index contributed by atoms with van der Waals surface area (Å²) in [4.78, 5) is 0. The Kier molecular flexibility index (Phi) is 4.73. The Labute approximate surface area is 124 Å². The molecule has 20 heavy (non-hydrogen) atoms. The molecule has 0 saturated carbocycles. The number of benzene rings is 2. The van der Waals surface area contributed by atoms with Crippen LogP contribution in [0.1, 0.15) is 17.2 Å². The van der Waals surface area contributed by atoms with E-state index in [1.54, 1.807) is 25.3 Å². The molecule has 106 valence electrons. The van der Waals surface area contributed by atoms with Gasteiger partial charge >= 0.3 is 0 Å². The van der Waals surface area contributed by atoms with Gasteiger partial charge in [-0.1, -0.05) is 12.1 Å². The minimum Gasteiger partial charge on any atom is -0.496 e. The Bertz CT molecular complexity index is 599. The molecule has 2 rings (SSSR count). The Morgan fingerprint density at radius 1 is 1.20 bits per heavy atom. The van der Waals surface area contributed by atoms with Gasteiger partial charge in [0.25, 0.3) is 0 Å². The molecule has 0 aromatic heterocycles. The summed E-state index contributed by atoms with van der Waals surface area (Å²) in [5.41, 5.74) is 6.81. The lowest BCUT2D eigenvalue weighted by Gasteiger charge is -2.14. The van der Waals surface area contributed by atoms with Gasteiger partial charge in [-0.25, -0.2) is 8.78 Å². The maximum absolute atomic E-state index is 13.6. The molecule has 1 unspecified atom stereocenters. The van der Waals surface area contributed by atoms with Crippen molar-refractivity contribution in [3.05, 3.63) is 63.6 Å². The highest BCUT2D eigenvalue weighted by molar-refractivity contribution is 9.10. The van der Waals surface area contributed by atoms with Crippen LogP contribution in [0.4, 0.5) is 8.78 Å². The lowest BCUT2D eigenvalue weighted by molar-refractivity contribution is 0.412. The Morgan fingerprint density at radius 3 is 2.40 bits per heavy atom. The van der Waals surface area contributed by atoms with Gasteiger partial charge in [0.15, 0.2) is 0 Å². The third-order valence-electron chi connectivity index (χ3n) is 3.09. The molecule has 0 aliphatic carbocycles. The van der Waals surface area contributed by atoms with E-state index < -0.39 is 17.7 Å². The first-order valence-corrected chi connectivity index (χ1v) is 6.84. The van der Waals surface area contributed by atoms with E-state index in [0.29, 0.717) is 5.75 Å². The quantitative estimate of drug-likeness (QED) is 0.912. The largest absolute Gasteiger partial charge is 0.496 e. The first-order valence-electron chi connectivity index (χ1n) is 6.05. The second kappa shape index (κ2) is 6.33. The minimum absolute atomic E-state index is 0.00643. The standard InChI is InChI=1S/C15H14BrF2NO/c1-20-15-6-5-9(7-11(15)16)14(19)8-10-12(17)3-2-4-13(10)18/h2-7,14H,8,19H2,1H3. The van der Waals surface area contributed by atoms with Gasteiger partial charge < -0.3 is 10.5 Å². The molecule has 5 heteroatoms. The molecule has 0 amide bonds. The topological polar surface area (TPSA) is 35.2 Å². The first kappa shape index (κ1) is 14.9. The minimum atomic E-state index is -0.576. The van der Waals surface area contributed by atoms with Crippen LogP contribution in [0.25, 0.3) is 0 Å². The number of ether oxygens (including phenoxy) is 1. The van der Waals surface area contributed by atoms with Gasteiger partial charge in [0.1, 0.15) is 17.4 Å². The van der Waals surface area contributed by atoms with Gasteiger partial charge in [0.2, 0.25) is 0 Å². The molecule has 2 aromatic carbocycles. The van der Waals surface area contributed by atoms with Gasteiger partial charge in [-0.2, -0.15) is 0 Å². The Balaban J connectivity index is 2.24. The van der Waals surface area contributed by atoms with Crippen molar-refractivity contribution >= 4 is 15.9 Å². The summed E-state index contributed by atoms with van der Waals surface area (Å²) in [6.07, 6.45) is 0.0945. The third-order valence-corrected chi connectivity index (χ3v) is 3.71. The zero-order valence-corrected chi connectivity index (χ0v) is 12.5. The molecule has 1 atom stereocenters. The fourth-order valence-electron chi connectivity index (χ4n) is 1.98. The summed E-state index contributed by atoms with van der Waals surface area (Å²) in [5.74, 6) is -0.473. The van der Waals surface area contributed by atoms with Crippen molar-refractivity contribution in [1.29, 1.82) is 0 Å². The molecule has 0 radical (unpaired) electrons. The van der Waals surface area contributed by atoms with E-state index in [1.807, 2.05) is 0 Å². The van der Waals surface area contributed by atoms with E-state index in [9.17, 15) is 8.78 Å². The van der Waals surface area contributed by atoms with E-state index in [4.69, 9.17) is 10.5 Å². The summed E-state index contributed by atoms with van der Waals surface area (Å²) < 4.78 is 33.1. The number of nitrogens with two attached hydrogens (primary N) is 1. The van der Waals surface area contributed by atoms with E-state index >= 15 is 0 Å². The molecule has 0 heterocycles. The zero-order valence-electron chi connectivity index (χ0n) is 10.9. The monoisotopic (exact) mass is 341 g/mol. The van der Waals surface area contributed by atoms with Crippen LogP contribution in [0.2, 0.25) is 0 Å². The van der Waals surface area contributed by atoms with E-state index in [1.165, 1.54) is 18.2 Å². The number of rotatable bonds is 4. The maximum Gasteiger partial charge on any atom is 0.133 e. The summed E-state index contributed by atoms with van der Waals surface area (Å²) in [6, 6.07) is 8.64. The summed E-state index contributed by atoms with van der Waals surface area (Å²) in [5, 5.41) is 0. The van der Waals surface area contributed by atoms with Crippen LogP contribution >= 0.6 is 15.9 Å². The molecular formula is C15H14BrF2NO. The van der Waals surface area contributed by atoms with Crippen molar-refractivity contribution in [3.63, 3.8) is 0 Å². The van der Waals surface area contributed by atoms with E-state index in [0.717, 1.165) is 10.0 Å². The second-order valence-electron chi connectivity index (χ2n) is 4.40. The van der Waals surface area contributed by atoms with Crippen LogP contribution in [0.3, 0.4) is 0 Å². The fraction of sp³-hybridized carbons (Fsp3) is 0.200. The highest BCUT2D eigenvalue weighted by Crippen LogP contribution is 2.29. The summed E-state index contributed by atoms with van der Waals surface area (Å²) in [6.45, 7) is 0. The molecular weight excluding hydrogens is 328 g/mol. The molecule has 0 bridgehead atoms. The van der Waals surface area contributed by atoms with Crippen molar-refractivity contribution in [3.8, 4) is 5.75 Å². The predicted molar refractivity (Wildman–Crippen MR) is 77.7 cm³/mol. The molecule has 2 aromatic rings. The van der Waals surface area contributed by atoms with Gasteiger partial charge in [-0.3, -0.25) is 0 Å². The summed E-state index contributed by atoms with van der Waals surface area (Å²) >= 11 is 3.36. The average molecular weight is 342 g/mol. The van der Waals surface area contributed by atoms with Gasteiger partial charge in [0, 0.05) is 11.6 Å². The lowest BCUT2D eigenvalue weighted by Crippen LogP contribution is -2.15. The lowest BCUT2D eigenvalue weighted by atomic mass is 9.99. The Morgan fingerprint density at radius 2 is 1.85 bits per heavy atom. The van der Waals surface area contributed by atoms with Crippen LogP contribution < -0.4 is 10.5 Å². The molecule has 0 saturated heterocycles. The number of methoxy groups -OCH3 is 1. The number of halogens is 3. The highest BCUT2D eigenvalue weighted by Gasteiger charge is 2.15. The first-order chi connectivity index (χ1) is 9.52. The number of hydrogen-bond donors (Lipinski definition) is 1. The Hall–Kier alpha value is -1.46. The van der Waals surface area contributed by atoms with Crippen molar-refractivity contribution in [2.75, 3.05) is 7.11 Å². The smallest absolute Gasteiger partial charge is 0.133 e. The highest BCUT2D eigenvalue weighted by atomic mass is 79.9. The van der Waals surface area contributed by atoms with Crippen LogP contribution in [0.15, 0.2) is 40.9 Å². The van der Waals surface area contributed by atoms with Crippen LogP contribution in [-0.4, -0.2) is 7.11 Å². The molecule has 0 fully saturated rings. The second-order valence-corrected chi connectivity index (χ2v) is 5.26. The van der Waals surface area contributed by atoms with Crippen molar-refractivity contribution in [2.24, 2.45) is 5.73 Å². The molecule has 2 nitrogen and oxygen atoms in total. The summed E-state index contributed by atoms with van der Waals surface area (Å²) in [7, 11) is 1.56. The van der Waals surface area contributed by atoms with Crippen LogP contribution in [0.5, 0.6) is 5.75 Å². The van der Waals surface area contributed by atoms with Crippen molar-refractivity contribution < 1.29 is 13.5 Å². The van der Waals surface area contributed by atoms with Crippen LogP contribution in [-0.2, 0) is 6.42 Å². The fourth-order valence-corrected chi connectivity index (χ4v) is 2.54. The van der Waals surface area contributed by atoms with E-state index in [2.05, 4.69) is 15.9 Å². The van der Waals surface area contributed by atoms with Crippen LogP contribution in [0, 0.1) is 11.6 Å². The van der Waals surface area contributed by atoms with Crippen molar-refractivity contribution in [1.82, 2.24) is 0 Å².